The average Bonchev–Trinajstić information content (AvgIpc) is 2.76. The lowest BCUT2D eigenvalue weighted by Crippen LogP contribution is -2.09. The van der Waals surface area contributed by atoms with Gasteiger partial charge >= 0.3 is 0 Å². The van der Waals surface area contributed by atoms with E-state index in [-0.39, 0.29) is 23.1 Å². The Morgan fingerprint density at radius 2 is 0.938 bits per heavy atom. The van der Waals surface area contributed by atoms with Crippen molar-refractivity contribution in [1.29, 1.82) is 0 Å². The molecule has 0 amide bonds. The molecule has 170 valence electrons. The van der Waals surface area contributed by atoms with Crippen molar-refractivity contribution in [2.75, 3.05) is 0 Å². The molecule has 3 aromatic carbocycles. The summed E-state index contributed by atoms with van der Waals surface area (Å²) >= 11 is 0. The second kappa shape index (κ2) is 8.18. The van der Waals surface area contributed by atoms with Crippen LogP contribution in [-0.2, 0) is 6.42 Å². The molecule has 0 unspecified atom stereocenters. The third-order valence-electron chi connectivity index (χ3n) is 5.54. The number of hydrogen-bond acceptors (Lipinski definition) is 0. The molecule has 0 radical (unpaired) electrons. The smallest absolute Gasteiger partial charge is 0.198 e. The van der Waals surface area contributed by atoms with E-state index in [1.54, 1.807) is 0 Å². The van der Waals surface area contributed by atoms with Gasteiger partial charge in [-0.3, -0.25) is 0 Å². The number of halogens is 9. The van der Waals surface area contributed by atoms with E-state index >= 15 is 4.39 Å². The van der Waals surface area contributed by atoms with Crippen LogP contribution in [0, 0.1) is 73.1 Å². The first-order chi connectivity index (χ1) is 14.9. The Labute approximate surface area is 177 Å². The van der Waals surface area contributed by atoms with Gasteiger partial charge in [-0.1, -0.05) is 6.92 Å². The quantitative estimate of drug-likeness (QED) is 0.212. The second-order valence-corrected chi connectivity index (χ2v) is 7.26. The molecule has 0 bridgehead atoms. The van der Waals surface area contributed by atoms with Crippen molar-refractivity contribution >= 4 is 0 Å². The fourth-order valence-corrected chi connectivity index (χ4v) is 3.59. The molecular weight excluding hydrogens is 447 g/mol. The molecule has 9 heteroatoms. The zero-order valence-corrected chi connectivity index (χ0v) is 17.2. The summed E-state index contributed by atoms with van der Waals surface area (Å²) in [6.07, 6.45) is -0.190. The fraction of sp³-hybridized carbons (Fsp3) is 0.217. The van der Waals surface area contributed by atoms with Crippen LogP contribution in [-0.4, -0.2) is 0 Å². The minimum absolute atomic E-state index is 0.190. The number of benzene rings is 3. The Bertz CT molecular complexity index is 1220. The molecule has 32 heavy (non-hydrogen) atoms. The van der Waals surface area contributed by atoms with Crippen molar-refractivity contribution in [3.8, 4) is 22.3 Å². The van der Waals surface area contributed by atoms with Crippen molar-refractivity contribution in [2.45, 2.75) is 34.1 Å². The summed E-state index contributed by atoms with van der Waals surface area (Å²) in [7, 11) is 0. The Morgan fingerprint density at radius 1 is 0.469 bits per heavy atom. The van der Waals surface area contributed by atoms with Crippen LogP contribution < -0.4 is 0 Å². The van der Waals surface area contributed by atoms with Crippen LogP contribution in [0.3, 0.4) is 0 Å². The van der Waals surface area contributed by atoms with Gasteiger partial charge in [0.25, 0.3) is 0 Å². The van der Waals surface area contributed by atoms with E-state index in [1.165, 1.54) is 6.92 Å². The van der Waals surface area contributed by atoms with Crippen LogP contribution in [0.5, 0.6) is 0 Å². The van der Waals surface area contributed by atoms with E-state index in [9.17, 15) is 35.1 Å². The highest BCUT2D eigenvalue weighted by molar-refractivity contribution is 5.80. The van der Waals surface area contributed by atoms with Gasteiger partial charge in [0, 0.05) is 11.1 Å². The monoisotopic (exact) mass is 462 g/mol. The van der Waals surface area contributed by atoms with E-state index < -0.39 is 80.2 Å². The van der Waals surface area contributed by atoms with E-state index in [0.717, 1.165) is 20.8 Å². The minimum Gasteiger partial charge on any atom is -0.206 e. The lowest BCUT2D eigenvalue weighted by Gasteiger charge is -2.19. The van der Waals surface area contributed by atoms with Gasteiger partial charge in [0.05, 0.1) is 11.1 Å². The first-order valence-electron chi connectivity index (χ1n) is 9.34. The van der Waals surface area contributed by atoms with Crippen molar-refractivity contribution in [3.05, 3.63) is 80.7 Å². The molecular formula is C23H15F9. The first kappa shape index (κ1) is 23.7. The summed E-state index contributed by atoms with van der Waals surface area (Å²) in [6, 6.07) is 0.595. The molecule has 0 aliphatic rings. The maximum atomic E-state index is 15.6. The van der Waals surface area contributed by atoms with Gasteiger partial charge in [-0.15, -0.1) is 0 Å². The topological polar surface area (TPSA) is 0 Å². The van der Waals surface area contributed by atoms with Crippen LogP contribution in [0.4, 0.5) is 39.5 Å². The molecule has 0 aliphatic heterocycles. The zero-order valence-electron chi connectivity index (χ0n) is 17.2. The van der Waals surface area contributed by atoms with Crippen LogP contribution in [0.15, 0.2) is 6.07 Å². The molecule has 0 aromatic heterocycles. The van der Waals surface area contributed by atoms with Crippen molar-refractivity contribution in [1.82, 2.24) is 0 Å². The summed E-state index contributed by atoms with van der Waals surface area (Å²) < 4.78 is 130. The summed E-state index contributed by atoms with van der Waals surface area (Å²) in [5, 5.41) is 0. The summed E-state index contributed by atoms with van der Waals surface area (Å²) in [4.78, 5) is 0. The third kappa shape index (κ3) is 3.25. The largest absolute Gasteiger partial charge is 0.206 e. The van der Waals surface area contributed by atoms with Crippen LogP contribution in [0.25, 0.3) is 22.3 Å². The lowest BCUT2D eigenvalue weighted by atomic mass is 9.88. The summed E-state index contributed by atoms with van der Waals surface area (Å²) in [5.41, 5.74) is -6.81. The predicted molar refractivity (Wildman–Crippen MR) is 101 cm³/mol. The van der Waals surface area contributed by atoms with Crippen molar-refractivity contribution in [3.63, 3.8) is 0 Å². The molecule has 0 aliphatic carbocycles. The average molecular weight is 462 g/mol. The van der Waals surface area contributed by atoms with E-state index in [4.69, 9.17) is 0 Å². The van der Waals surface area contributed by atoms with E-state index in [1.807, 2.05) is 0 Å². The maximum Gasteiger partial charge on any atom is 0.198 e. The Morgan fingerprint density at radius 3 is 1.50 bits per heavy atom. The Hall–Kier alpha value is -2.97. The van der Waals surface area contributed by atoms with E-state index in [2.05, 4.69) is 0 Å². The molecule has 3 rings (SSSR count). The zero-order chi connectivity index (χ0) is 24.2. The van der Waals surface area contributed by atoms with Gasteiger partial charge < -0.3 is 0 Å². The standard InChI is InChI=1S/C23H15F9/c1-5-10-6-11(24)14(12-9(4)18(27)22(31)23(32)20(12)29)19(28)13(10)15-16(25)7(2)8(3)17(26)21(15)30/h6H,5H2,1-4H3. The fourth-order valence-electron chi connectivity index (χ4n) is 3.59. The van der Waals surface area contributed by atoms with Crippen LogP contribution in [0.1, 0.15) is 29.2 Å². The molecule has 0 heterocycles. The number of rotatable bonds is 3. The van der Waals surface area contributed by atoms with E-state index in [0.29, 0.717) is 6.07 Å². The van der Waals surface area contributed by atoms with Crippen molar-refractivity contribution in [2.24, 2.45) is 0 Å². The predicted octanol–water partition coefficient (Wildman–Crippen LogP) is 7.76. The first-order valence-corrected chi connectivity index (χ1v) is 9.34. The summed E-state index contributed by atoms with van der Waals surface area (Å²) in [6.45, 7) is 4.34. The summed E-state index contributed by atoms with van der Waals surface area (Å²) in [5.74, 6) is -16.4. The van der Waals surface area contributed by atoms with Gasteiger partial charge in [0.1, 0.15) is 17.5 Å². The van der Waals surface area contributed by atoms with Gasteiger partial charge in [0.2, 0.25) is 0 Å². The number of hydrogen-bond donors (Lipinski definition) is 0. The van der Waals surface area contributed by atoms with Crippen LogP contribution in [0.2, 0.25) is 0 Å². The van der Waals surface area contributed by atoms with Gasteiger partial charge in [-0.2, -0.15) is 0 Å². The Balaban J connectivity index is 2.55. The van der Waals surface area contributed by atoms with Gasteiger partial charge in [-0.05, 0) is 55.5 Å². The van der Waals surface area contributed by atoms with Gasteiger partial charge in [0.15, 0.2) is 34.9 Å². The molecule has 0 saturated heterocycles. The minimum atomic E-state index is -2.32. The lowest BCUT2D eigenvalue weighted by molar-refractivity contribution is 0.407. The molecule has 0 fully saturated rings. The molecule has 3 aromatic rings. The Kier molecular flexibility index (Phi) is 6.06. The molecule has 0 spiro atoms. The third-order valence-corrected chi connectivity index (χ3v) is 5.54. The molecule has 0 N–H and O–H groups in total. The highest BCUT2D eigenvalue weighted by atomic mass is 19.2. The normalized spacial score (nSPS) is 11.4. The maximum absolute atomic E-state index is 15.6. The van der Waals surface area contributed by atoms with Crippen molar-refractivity contribution < 1.29 is 39.5 Å². The highest BCUT2D eigenvalue weighted by Crippen LogP contribution is 2.43. The second-order valence-electron chi connectivity index (χ2n) is 7.26. The molecule has 0 nitrogen and oxygen atoms in total. The van der Waals surface area contributed by atoms with Gasteiger partial charge in [-0.25, -0.2) is 39.5 Å². The molecule has 0 atom stereocenters. The SMILES string of the molecule is CCc1cc(F)c(-c2c(C)c(F)c(F)c(F)c2F)c(F)c1-c1c(F)c(C)c(C)c(F)c1F. The molecule has 0 saturated carbocycles. The highest BCUT2D eigenvalue weighted by Gasteiger charge is 2.32. The van der Waals surface area contributed by atoms with Crippen LogP contribution >= 0.6 is 0 Å². The number of aryl methyl sites for hydroxylation is 1.